The molecule has 0 radical (unpaired) electrons. The van der Waals surface area contributed by atoms with Crippen LogP contribution in [0.2, 0.25) is 0 Å². The van der Waals surface area contributed by atoms with Gasteiger partial charge in [-0.2, -0.15) is 13.2 Å². The first-order chi connectivity index (χ1) is 11.8. The highest BCUT2D eigenvalue weighted by molar-refractivity contribution is 7.53. The van der Waals surface area contributed by atoms with E-state index in [0.717, 1.165) is 0 Å². The summed E-state index contributed by atoms with van der Waals surface area (Å²) in [6, 6.07) is 0. The zero-order valence-corrected chi connectivity index (χ0v) is 15.9. The summed E-state index contributed by atoms with van der Waals surface area (Å²) in [5, 5.41) is 2.37. The molecule has 15 heteroatoms. The summed E-state index contributed by atoms with van der Waals surface area (Å²) in [5.41, 5.74) is 4.25. The number of esters is 1. The van der Waals surface area contributed by atoms with E-state index in [2.05, 4.69) is 15.9 Å². The summed E-state index contributed by atoms with van der Waals surface area (Å²) < 4.78 is 65.1. The number of nitrogens with zero attached hydrogens (tertiary/aromatic N) is 3. The SMILES string of the molecule is CCOC(=O)CN(CP(=O)(ONN(C)C)ONN(C)C)C(=O)C(F)(F)F. The number of amides is 1. The predicted octanol–water partition coefficient (Wildman–Crippen LogP) is 0.0866. The molecule has 0 aliphatic rings. The van der Waals surface area contributed by atoms with Gasteiger partial charge in [0.15, 0.2) is 0 Å². The molecule has 0 aromatic carbocycles. The Hall–Kier alpha value is -1.28. The molecule has 0 aromatic rings. The fraction of sp³-hybridized carbons (Fsp3) is 0.818. The molecule has 0 saturated carbocycles. The molecule has 0 fully saturated rings. The minimum absolute atomic E-state index is 0.0204. The lowest BCUT2D eigenvalue weighted by atomic mass is 10.5. The third-order valence-corrected chi connectivity index (χ3v) is 3.63. The second-order valence-corrected chi connectivity index (χ2v) is 7.08. The van der Waals surface area contributed by atoms with Crippen molar-refractivity contribution in [2.45, 2.75) is 13.1 Å². The summed E-state index contributed by atoms with van der Waals surface area (Å²) in [7, 11) is 1.39. The number of hydrazine groups is 2. The molecule has 0 bridgehead atoms. The highest BCUT2D eigenvalue weighted by Gasteiger charge is 2.46. The van der Waals surface area contributed by atoms with Crippen molar-refractivity contribution < 1.29 is 41.3 Å². The number of hydrogen-bond acceptors (Lipinski definition) is 10. The van der Waals surface area contributed by atoms with E-state index in [1.54, 1.807) is 0 Å². The van der Waals surface area contributed by atoms with E-state index in [4.69, 9.17) is 9.25 Å². The Morgan fingerprint density at radius 3 is 1.85 bits per heavy atom. The molecule has 0 aliphatic heterocycles. The molecule has 0 spiro atoms. The first-order valence-electron chi connectivity index (χ1n) is 7.14. The molecule has 0 heterocycles. The van der Waals surface area contributed by atoms with Crippen LogP contribution < -0.4 is 11.2 Å². The van der Waals surface area contributed by atoms with Gasteiger partial charge in [0.1, 0.15) is 12.8 Å². The van der Waals surface area contributed by atoms with Crippen LogP contribution >= 0.6 is 7.60 Å². The van der Waals surface area contributed by atoms with Gasteiger partial charge in [0, 0.05) is 28.2 Å². The number of carbonyl (C=O) groups excluding carboxylic acids is 2. The number of ether oxygens (including phenoxy) is 1. The van der Waals surface area contributed by atoms with Gasteiger partial charge in [-0.25, -0.2) is 19.3 Å². The lowest BCUT2D eigenvalue weighted by Gasteiger charge is -2.28. The van der Waals surface area contributed by atoms with E-state index in [9.17, 15) is 27.3 Å². The Bertz CT molecular complexity index is 503. The normalized spacial score (nSPS) is 12.5. The molecule has 26 heavy (non-hydrogen) atoms. The van der Waals surface area contributed by atoms with Crippen LogP contribution in [0.3, 0.4) is 0 Å². The molecule has 1 amide bonds. The quantitative estimate of drug-likeness (QED) is 0.277. The van der Waals surface area contributed by atoms with Crippen molar-refractivity contribution in [1.29, 1.82) is 0 Å². The molecule has 2 N–H and O–H groups in total. The monoisotopic (exact) mass is 409 g/mol. The van der Waals surface area contributed by atoms with Crippen LogP contribution in [0.25, 0.3) is 0 Å². The van der Waals surface area contributed by atoms with Gasteiger partial charge >= 0.3 is 25.6 Å². The van der Waals surface area contributed by atoms with Gasteiger partial charge in [-0.1, -0.05) is 0 Å². The first-order valence-corrected chi connectivity index (χ1v) is 8.87. The smallest absolute Gasteiger partial charge is 0.465 e. The predicted molar refractivity (Wildman–Crippen MR) is 82.7 cm³/mol. The Morgan fingerprint density at radius 1 is 1.04 bits per heavy atom. The van der Waals surface area contributed by atoms with Crippen LogP contribution in [0.15, 0.2) is 0 Å². The van der Waals surface area contributed by atoms with Crippen LogP contribution in [0.5, 0.6) is 0 Å². The highest BCUT2D eigenvalue weighted by atomic mass is 31.2. The van der Waals surface area contributed by atoms with Gasteiger partial charge in [0.25, 0.3) is 0 Å². The summed E-state index contributed by atoms with van der Waals surface area (Å²) in [5.74, 6) is -3.51. The average molecular weight is 409 g/mol. The Morgan fingerprint density at radius 2 is 1.50 bits per heavy atom. The molecule has 0 atom stereocenters. The number of rotatable bonds is 11. The van der Waals surface area contributed by atoms with Crippen LogP contribution in [0.1, 0.15) is 6.92 Å². The van der Waals surface area contributed by atoms with Crippen molar-refractivity contribution in [2.24, 2.45) is 0 Å². The van der Waals surface area contributed by atoms with E-state index in [1.807, 2.05) is 0 Å². The minimum Gasteiger partial charge on any atom is -0.465 e. The molecule has 0 aliphatic carbocycles. The molecule has 0 rings (SSSR count). The lowest BCUT2D eigenvalue weighted by molar-refractivity contribution is -0.186. The van der Waals surface area contributed by atoms with Gasteiger partial charge in [0.2, 0.25) is 0 Å². The molecular formula is C11H23F3N5O6P. The highest BCUT2D eigenvalue weighted by Crippen LogP contribution is 2.47. The fourth-order valence-corrected chi connectivity index (χ4v) is 2.68. The number of halogens is 3. The molecular weight excluding hydrogens is 386 g/mol. The van der Waals surface area contributed by atoms with Gasteiger partial charge in [-0.15, -0.1) is 11.2 Å². The summed E-state index contributed by atoms with van der Waals surface area (Å²) >= 11 is 0. The largest absolute Gasteiger partial charge is 0.471 e. The van der Waals surface area contributed by atoms with Crippen molar-refractivity contribution in [1.82, 2.24) is 26.1 Å². The molecule has 0 unspecified atom stereocenters. The van der Waals surface area contributed by atoms with Gasteiger partial charge < -0.3 is 9.64 Å². The topological polar surface area (TPSA) is 113 Å². The first kappa shape index (κ1) is 24.7. The maximum atomic E-state index is 12.8. The Labute approximate surface area is 148 Å². The third kappa shape index (κ3) is 10.0. The van der Waals surface area contributed by atoms with Crippen LogP contribution in [-0.2, 0) is 28.1 Å². The second kappa shape index (κ2) is 10.8. The van der Waals surface area contributed by atoms with E-state index >= 15 is 0 Å². The van der Waals surface area contributed by atoms with Crippen LogP contribution in [0, 0.1) is 0 Å². The lowest BCUT2D eigenvalue weighted by Crippen LogP contribution is -2.46. The van der Waals surface area contributed by atoms with Crippen molar-refractivity contribution >= 4 is 19.5 Å². The standard InChI is InChI=1S/C11H23F3N5O6P/c1-6-23-9(20)7-19(10(21)11(12,13)14)8-26(22,24-15-17(2)3)25-16-18(4)5/h15-16H,6-8H2,1-5H3. The maximum absolute atomic E-state index is 12.8. The molecule has 0 saturated heterocycles. The number of hydrogen-bond donors (Lipinski definition) is 2. The maximum Gasteiger partial charge on any atom is 0.471 e. The fourth-order valence-electron chi connectivity index (χ4n) is 1.30. The Balaban J connectivity index is 5.45. The molecule has 11 nitrogen and oxygen atoms in total. The second-order valence-electron chi connectivity index (χ2n) is 5.21. The van der Waals surface area contributed by atoms with E-state index in [-0.39, 0.29) is 11.5 Å². The third-order valence-electron chi connectivity index (χ3n) is 2.22. The van der Waals surface area contributed by atoms with Gasteiger partial charge in [0.05, 0.1) is 6.61 Å². The average Bonchev–Trinajstić information content (AvgIpc) is 2.49. The number of nitrogens with one attached hydrogen (secondary N) is 2. The van der Waals surface area contributed by atoms with Crippen LogP contribution in [-0.4, -0.2) is 80.6 Å². The Kier molecular flexibility index (Phi) is 10.2. The molecule has 0 aromatic heterocycles. The number of carbonyl (C=O) groups is 2. The zero-order valence-electron chi connectivity index (χ0n) is 15.0. The summed E-state index contributed by atoms with van der Waals surface area (Å²) in [6.07, 6.45) is -6.48. The van der Waals surface area contributed by atoms with Crippen molar-refractivity contribution in [2.75, 3.05) is 47.6 Å². The van der Waals surface area contributed by atoms with Crippen molar-refractivity contribution in [3.05, 3.63) is 0 Å². The van der Waals surface area contributed by atoms with E-state index < -0.39 is 38.5 Å². The van der Waals surface area contributed by atoms with Gasteiger partial charge in [-0.05, 0) is 6.92 Å². The minimum atomic E-state index is -5.30. The van der Waals surface area contributed by atoms with Gasteiger partial charge in [-0.3, -0.25) is 14.2 Å². The summed E-state index contributed by atoms with van der Waals surface area (Å²) in [4.78, 5) is 23.0. The summed E-state index contributed by atoms with van der Waals surface area (Å²) in [6.45, 7) is 0.238. The van der Waals surface area contributed by atoms with E-state index in [0.29, 0.717) is 0 Å². The van der Waals surface area contributed by atoms with Crippen LogP contribution in [0.4, 0.5) is 13.2 Å². The van der Waals surface area contributed by atoms with Crippen molar-refractivity contribution in [3.63, 3.8) is 0 Å². The van der Waals surface area contributed by atoms with E-state index in [1.165, 1.54) is 45.1 Å². The number of alkyl halides is 3. The van der Waals surface area contributed by atoms with Crippen molar-refractivity contribution in [3.8, 4) is 0 Å². The zero-order chi connectivity index (χ0) is 20.5. The molecule has 154 valence electrons.